The largest absolute Gasteiger partial charge is 0.457 e. The van der Waals surface area contributed by atoms with Crippen LogP contribution < -0.4 is 14.5 Å². The van der Waals surface area contributed by atoms with Crippen molar-refractivity contribution in [3.63, 3.8) is 0 Å². The molecule has 79 heavy (non-hydrogen) atoms. The van der Waals surface area contributed by atoms with Crippen LogP contribution in [0, 0.1) is 0 Å². The quantitative estimate of drug-likeness (QED) is 0.152. The molecule has 1 aromatic heterocycles. The number of furan rings is 1. The molecule has 0 fully saturated rings. The van der Waals surface area contributed by atoms with Crippen LogP contribution in [0.1, 0.15) is 66.3 Å². The summed E-state index contributed by atoms with van der Waals surface area (Å²) in [6.45, 7) is 0. The normalized spacial score (nSPS) is 17.2. The van der Waals surface area contributed by atoms with Crippen LogP contribution in [0.15, 0.2) is 270 Å². The van der Waals surface area contributed by atoms with Gasteiger partial charge in [-0.25, -0.2) is 0 Å². The minimum absolute atomic E-state index is 0.102. The van der Waals surface area contributed by atoms with Gasteiger partial charge < -0.3 is 19.0 Å². The summed E-state index contributed by atoms with van der Waals surface area (Å²) in [7, 11) is 0. The zero-order valence-corrected chi connectivity index (χ0v) is 43.9. The van der Waals surface area contributed by atoms with Crippen molar-refractivity contribution < 1.29 is 9.15 Å². The van der Waals surface area contributed by atoms with Gasteiger partial charge in [0, 0.05) is 39.1 Å². The van der Waals surface area contributed by atoms with Gasteiger partial charge in [0.15, 0.2) is 5.58 Å². The van der Waals surface area contributed by atoms with Crippen molar-refractivity contribution in [2.45, 2.75) is 56.4 Å². The fourth-order valence-electron chi connectivity index (χ4n) is 13.9. The molecule has 4 nitrogen and oxygen atoms in total. The SMILES string of the molecule is C1=CCCC(N(C2=CCCC=C2)c2ccc(-c3ccc(-c4ccc(N(c5cccc6c5oc5cc7ccccc7cc56)C5C=CC6=C(C5)C5(c7cc8c(cc7O6)C=CCC8)c6ccccc6-c6ccccc65)cc4)cc3)cc2)=C1. The molecule has 378 valence electrons. The van der Waals surface area contributed by atoms with Gasteiger partial charge in [-0.05, 0) is 190 Å². The molecule has 1 unspecified atom stereocenters. The first-order valence-electron chi connectivity index (χ1n) is 28.2. The van der Waals surface area contributed by atoms with Crippen LogP contribution in [0.4, 0.5) is 17.1 Å². The Kier molecular flexibility index (Phi) is 10.7. The molecular weight excluding hydrogens is 961 g/mol. The Labute approximate surface area is 461 Å². The summed E-state index contributed by atoms with van der Waals surface area (Å²) in [5.74, 6) is 1.87. The van der Waals surface area contributed by atoms with Crippen LogP contribution in [0.3, 0.4) is 0 Å². The third kappa shape index (κ3) is 7.35. The first-order chi connectivity index (χ1) is 39.1. The first-order valence-corrected chi connectivity index (χ1v) is 28.2. The lowest BCUT2D eigenvalue weighted by molar-refractivity contribution is 0.384. The molecule has 0 bridgehead atoms. The maximum Gasteiger partial charge on any atom is 0.159 e. The maximum absolute atomic E-state index is 7.18. The molecule has 6 aliphatic rings. The van der Waals surface area contributed by atoms with Crippen molar-refractivity contribution in [3.05, 3.63) is 293 Å². The van der Waals surface area contributed by atoms with Gasteiger partial charge in [0.2, 0.25) is 0 Å². The molecule has 9 aromatic carbocycles. The van der Waals surface area contributed by atoms with Crippen LogP contribution in [0.5, 0.6) is 5.75 Å². The summed E-state index contributed by atoms with van der Waals surface area (Å²) in [6, 6.07) is 69.9. The predicted octanol–water partition coefficient (Wildman–Crippen LogP) is 19.4. The van der Waals surface area contributed by atoms with E-state index < -0.39 is 5.41 Å². The number of hydrogen-bond acceptors (Lipinski definition) is 4. The van der Waals surface area contributed by atoms with Crippen molar-refractivity contribution in [2.24, 2.45) is 0 Å². The average molecular weight is 1020 g/mol. The highest BCUT2D eigenvalue weighted by molar-refractivity contribution is 6.13. The lowest BCUT2D eigenvalue weighted by Crippen LogP contribution is -2.41. The Hall–Kier alpha value is -9.38. The highest BCUT2D eigenvalue weighted by Gasteiger charge is 2.53. The number of ether oxygens (including phenoxy) is 1. The summed E-state index contributed by atoms with van der Waals surface area (Å²) in [5.41, 5.74) is 22.2. The Morgan fingerprint density at radius 3 is 1.90 bits per heavy atom. The van der Waals surface area contributed by atoms with Gasteiger partial charge in [-0.1, -0.05) is 176 Å². The first kappa shape index (κ1) is 45.8. The minimum Gasteiger partial charge on any atom is -0.457 e. The van der Waals surface area contributed by atoms with E-state index >= 15 is 0 Å². The molecule has 1 spiro atoms. The van der Waals surface area contributed by atoms with E-state index in [1.165, 1.54) is 89.1 Å². The van der Waals surface area contributed by atoms with Gasteiger partial charge in [0.05, 0.1) is 17.1 Å². The van der Waals surface area contributed by atoms with Crippen molar-refractivity contribution in [1.82, 2.24) is 0 Å². The summed E-state index contributed by atoms with van der Waals surface area (Å²) in [5, 5.41) is 4.59. The average Bonchev–Trinajstić information content (AvgIpc) is 4.20. The summed E-state index contributed by atoms with van der Waals surface area (Å²) < 4.78 is 14.3. The molecular formula is C75H56N2O2. The maximum atomic E-state index is 7.18. The van der Waals surface area contributed by atoms with Gasteiger partial charge >= 0.3 is 0 Å². The van der Waals surface area contributed by atoms with Crippen LogP contribution >= 0.6 is 0 Å². The van der Waals surface area contributed by atoms with Crippen molar-refractivity contribution >= 4 is 55.8 Å². The van der Waals surface area contributed by atoms with E-state index in [1.54, 1.807) is 0 Å². The molecule has 5 aliphatic carbocycles. The fraction of sp³-hybridized carbons (Fsp3) is 0.120. The lowest BCUT2D eigenvalue weighted by atomic mass is 9.62. The molecule has 10 aromatic rings. The standard InChI is InChI=1S/C75H56N2O2/c1-3-20-57(21-4-1)76(58-22-5-2-6-23-58)59-38-34-51(35-39-59)49-30-32-50(33-31-49)52-36-40-60(41-37-52)77(70-29-15-26-64-65-44-53-16-7-9-18-55(53)46-72(65)79-74(64)70)61-42-43-71-69(48-61)75(68-45-54-17-8-10-19-56(54)47-73(68)78-71)66-27-13-11-24-62(66)63-25-12-14-28-67(63)75/h1,3,5,7,9-16,18-20,22-47,61H,2,4,6,8,17,21,48H2. The second-order valence-corrected chi connectivity index (χ2v) is 22.0. The molecule has 2 heterocycles. The summed E-state index contributed by atoms with van der Waals surface area (Å²) in [4.78, 5) is 4.96. The topological polar surface area (TPSA) is 28.9 Å². The number of fused-ring (bicyclic) bond motifs is 13. The van der Waals surface area contributed by atoms with Crippen LogP contribution in [0.2, 0.25) is 0 Å². The van der Waals surface area contributed by atoms with Crippen molar-refractivity contribution in [3.8, 4) is 39.1 Å². The smallest absolute Gasteiger partial charge is 0.159 e. The number of anilines is 3. The van der Waals surface area contributed by atoms with Crippen LogP contribution in [0.25, 0.3) is 72.2 Å². The van der Waals surface area contributed by atoms with E-state index in [1.807, 2.05) is 0 Å². The third-order valence-electron chi connectivity index (χ3n) is 17.6. The van der Waals surface area contributed by atoms with Crippen molar-refractivity contribution in [2.75, 3.05) is 9.80 Å². The number of para-hydroxylation sites is 1. The van der Waals surface area contributed by atoms with Crippen molar-refractivity contribution in [1.29, 1.82) is 0 Å². The molecule has 4 heteroatoms. The molecule has 0 saturated heterocycles. The van der Waals surface area contributed by atoms with Crippen LogP contribution in [-0.4, -0.2) is 6.04 Å². The number of hydrogen-bond donors (Lipinski definition) is 0. The Balaban J connectivity index is 0.788. The second-order valence-electron chi connectivity index (χ2n) is 22.0. The fourth-order valence-corrected chi connectivity index (χ4v) is 13.9. The third-order valence-corrected chi connectivity index (χ3v) is 17.6. The number of rotatable bonds is 8. The lowest BCUT2D eigenvalue weighted by Gasteiger charge is -2.45. The molecule has 1 atom stereocenters. The number of aryl methyl sites for hydroxylation is 1. The van der Waals surface area contributed by atoms with E-state index in [4.69, 9.17) is 9.15 Å². The Bertz CT molecular complexity index is 4320. The van der Waals surface area contributed by atoms with E-state index in [0.29, 0.717) is 0 Å². The van der Waals surface area contributed by atoms with Gasteiger partial charge in [0.25, 0.3) is 0 Å². The molecule has 1 aliphatic heterocycles. The van der Waals surface area contributed by atoms with Gasteiger partial charge in [-0.2, -0.15) is 0 Å². The van der Waals surface area contributed by atoms with Gasteiger partial charge in [-0.3, -0.25) is 0 Å². The summed E-state index contributed by atoms with van der Waals surface area (Å²) in [6.07, 6.45) is 29.9. The number of benzene rings is 9. The Morgan fingerprint density at radius 2 is 1.19 bits per heavy atom. The molecule has 16 rings (SSSR count). The number of nitrogens with zero attached hydrogens (tertiary/aromatic N) is 2. The highest BCUT2D eigenvalue weighted by atomic mass is 16.5. The zero-order valence-electron chi connectivity index (χ0n) is 43.9. The van der Waals surface area contributed by atoms with Gasteiger partial charge in [-0.15, -0.1) is 0 Å². The predicted molar refractivity (Wildman–Crippen MR) is 327 cm³/mol. The molecule has 0 radical (unpaired) electrons. The Morgan fingerprint density at radius 1 is 0.519 bits per heavy atom. The highest BCUT2D eigenvalue weighted by Crippen LogP contribution is 2.63. The van der Waals surface area contributed by atoms with Crippen LogP contribution in [-0.2, 0) is 11.8 Å². The number of allylic oxidation sites excluding steroid dienone is 9. The van der Waals surface area contributed by atoms with E-state index in [0.717, 1.165) is 95.3 Å². The van der Waals surface area contributed by atoms with E-state index in [-0.39, 0.29) is 6.04 Å². The second kappa shape index (κ2) is 18.4. The van der Waals surface area contributed by atoms with Gasteiger partial charge in [0.1, 0.15) is 17.1 Å². The molecule has 0 amide bonds. The molecule has 0 saturated carbocycles. The van der Waals surface area contributed by atoms with E-state index in [9.17, 15) is 0 Å². The van der Waals surface area contributed by atoms with E-state index in [2.05, 4.69) is 259 Å². The molecule has 0 N–H and O–H groups in total. The minimum atomic E-state index is -0.556. The zero-order chi connectivity index (χ0) is 52.0. The monoisotopic (exact) mass is 1020 g/mol. The summed E-state index contributed by atoms with van der Waals surface area (Å²) >= 11 is 0.